The van der Waals surface area contributed by atoms with Crippen LogP contribution in [0.4, 0.5) is 0 Å². The van der Waals surface area contributed by atoms with E-state index in [1.54, 1.807) is 0 Å². The topological polar surface area (TPSA) is 29.1 Å². The first-order chi connectivity index (χ1) is 3.31. The van der Waals surface area contributed by atoms with Crippen LogP contribution in [0.1, 0.15) is 0 Å². The Morgan fingerprint density at radius 1 is 2.00 bits per heavy atom. The molecule has 0 spiro atoms. The average Bonchev–Trinajstić information content (AvgIpc) is 1.68. The SMILES string of the molecule is O=C(CCl)NC=S. The normalized spacial score (nSPS) is 7.57. The molecule has 0 fully saturated rings. The lowest BCUT2D eigenvalue weighted by Crippen LogP contribution is -2.20. The van der Waals surface area contributed by atoms with E-state index in [1.165, 1.54) is 0 Å². The van der Waals surface area contributed by atoms with Crippen LogP contribution in [0.5, 0.6) is 0 Å². The summed E-state index contributed by atoms with van der Waals surface area (Å²) in [6, 6.07) is 0. The van der Waals surface area contributed by atoms with E-state index in [0.29, 0.717) is 0 Å². The third-order valence-corrected chi connectivity index (χ3v) is 0.702. The molecule has 40 valence electrons. The van der Waals surface area contributed by atoms with Crippen molar-refractivity contribution in [2.75, 3.05) is 5.88 Å². The molecule has 1 N–H and O–H groups in total. The van der Waals surface area contributed by atoms with Crippen LogP contribution in [0.2, 0.25) is 0 Å². The molecule has 0 unspecified atom stereocenters. The first-order valence-corrected chi connectivity index (χ1v) is 2.61. The van der Waals surface area contributed by atoms with Crippen LogP contribution in [-0.4, -0.2) is 17.3 Å². The maximum absolute atomic E-state index is 10.1. The van der Waals surface area contributed by atoms with E-state index in [9.17, 15) is 4.79 Å². The van der Waals surface area contributed by atoms with Crippen LogP contribution < -0.4 is 5.32 Å². The van der Waals surface area contributed by atoms with Crippen LogP contribution in [0.15, 0.2) is 0 Å². The number of alkyl halides is 1. The molecule has 4 heteroatoms. The Morgan fingerprint density at radius 3 is 2.71 bits per heavy atom. The molecule has 0 saturated heterocycles. The summed E-state index contributed by atoms with van der Waals surface area (Å²) in [4.78, 5) is 10.1. The number of rotatable bonds is 2. The fourth-order valence-electron chi connectivity index (χ4n) is 0.104. The maximum Gasteiger partial charge on any atom is 0.239 e. The Labute approximate surface area is 51.8 Å². The summed E-state index contributed by atoms with van der Waals surface area (Å²) in [5.41, 5.74) is 1.13. The van der Waals surface area contributed by atoms with E-state index in [1.807, 2.05) is 0 Å². The Balaban J connectivity index is 3.17. The Kier molecular flexibility index (Phi) is 3.93. The van der Waals surface area contributed by atoms with Gasteiger partial charge in [0.05, 0.1) is 5.49 Å². The van der Waals surface area contributed by atoms with Crippen molar-refractivity contribution in [3.8, 4) is 0 Å². The van der Waals surface area contributed by atoms with Gasteiger partial charge in [0.25, 0.3) is 0 Å². The predicted octanol–water partition coefficient (Wildman–Crippen LogP) is 0.299. The summed E-state index contributed by atoms with van der Waals surface area (Å²) in [6.07, 6.45) is 0. The van der Waals surface area contributed by atoms with Gasteiger partial charge in [-0.15, -0.1) is 11.6 Å². The number of carbonyl (C=O) groups excluding carboxylic acids is 1. The quantitative estimate of drug-likeness (QED) is 0.438. The minimum absolute atomic E-state index is 0.0346. The van der Waals surface area contributed by atoms with E-state index >= 15 is 0 Å². The summed E-state index contributed by atoms with van der Waals surface area (Å²) in [7, 11) is 0. The maximum atomic E-state index is 10.1. The molecule has 0 radical (unpaired) electrons. The third kappa shape index (κ3) is 3.69. The Hall–Kier alpha value is -0.150. The van der Waals surface area contributed by atoms with Crippen molar-refractivity contribution in [1.29, 1.82) is 0 Å². The molecule has 0 aromatic rings. The van der Waals surface area contributed by atoms with Gasteiger partial charge in [0.2, 0.25) is 5.91 Å². The first kappa shape index (κ1) is 6.85. The molecule has 7 heavy (non-hydrogen) atoms. The van der Waals surface area contributed by atoms with Gasteiger partial charge >= 0.3 is 0 Å². The van der Waals surface area contributed by atoms with Crippen molar-refractivity contribution in [1.82, 2.24) is 5.32 Å². The highest BCUT2D eigenvalue weighted by Gasteiger charge is 1.89. The van der Waals surface area contributed by atoms with E-state index in [-0.39, 0.29) is 11.8 Å². The zero-order chi connectivity index (χ0) is 5.70. The van der Waals surface area contributed by atoms with Gasteiger partial charge < -0.3 is 5.32 Å². The molecule has 1 amide bonds. The van der Waals surface area contributed by atoms with Gasteiger partial charge in [-0.1, -0.05) is 12.2 Å². The second-order valence-corrected chi connectivity index (χ2v) is 1.32. The molecule has 0 aliphatic carbocycles. The van der Waals surface area contributed by atoms with Crippen LogP contribution in [0.3, 0.4) is 0 Å². The number of nitrogens with one attached hydrogen (secondary N) is 1. The van der Waals surface area contributed by atoms with Gasteiger partial charge in [-0.2, -0.15) is 0 Å². The molecular formula is C3H4ClNOS. The lowest BCUT2D eigenvalue weighted by Gasteiger charge is -1.86. The number of hydrogen-bond acceptors (Lipinski definition) is 2. The summed E-state index contributed by atoms with van der Waals surface area (Å²) in [5, 5.41) is 2.21. The van der Waals surface area contributed by atoms with Crippen molar-refractivity contribution < 1.29 is 4.79 Å². The molecule has 0 atom stereocenters. The molecule has 2 nitrogen and oxygen atoms in total. The minimum Gasteiger partial charge on any atom is -0.322 e. The van der Waals surface area contributed by atoms with Gasteiger partial charge in [-0.05, 0) is 0 Å². The number of carbonyl (C=O) groups is 1. The molecule has 0 aliphatic heterocycles. The standard InChI is InChI=1S/C3H4ClNOS/c4-1-3(6)5-2-7/h2H,1H2,(H,5,6,7). The highest BCUT2D eigenvalue weighted by Crippen LogP contribution is 1.69. The van der Waals surface area contributed by atoms with E-state index in [0.717, 1.165) is 5.49 Å². The molecule has 0 aliphatic rings. The van der Waals surface area contributed by atoms with Crippen LogP contribution in [0, 0.1) is 0 Å². The molecule has 0 aromatic heterocycles. The molecular weight excluding hydrogens is 134 g/mol. The van der Waals surface area contributed by atoms with E-state index < -0.39 is 0 Å². The third-order valence-electron chi connectivity index (χ3n) is 0.341. The summed E-state index contributed by atoms with van der Waals surface area (Å²) < 4.78 is 0. The van der Waals surface area contributed by atoms with Crippen molar-refractivity contribution in [3.63, 3.8) is 0 Å². The van der Waals surface area contributed by atoms with Crippen molar-refractivity contribution in [2.45, 2.75) is 0 Å². The van der Waals surface area contributed by atoms with E-state index in [4.69, 9.17) is 11.6 Å². The molecule has 0 aromatic carbocycles. The smallest absolute Gasteiger partial charge is 0.239 e. The second-order valence-electron chi connectivity index (χ2n) is 0.819. The highest BCUT2D eigenvalue weighted by atomic mass is 35.5. The van der Waals surface area contributed by atoms with E-state index in [2.05, 4.69) is 17.5 Å². The zero-order valence-corrected chi connectivity index (χ0v) is 5.05. The first-order valence-electron chi connectivity index (χ1n) is 1.60. The number of thiocarbonyl (C=S) groups is 1. The minimum atomic E-state index is -0.267. The summed E-state index contributed by atoms with van der Waals surface area (Å²) in [5.74, 6) is -0.302. The van der Waals surface area contributed by atoms with Crippen LogP contribution >= 0.6 is 23.8 Å². The fraction of sp³-hybridized carbons (Fsp3) is 0.333. The largest absolute Gasteiger partial charge is 0.322 e. The second kappa shape index (κ2) is 4.02. The van der Waals surface area contributed by atoms with Gasteiger partial charge in [0.15, 0.2) is 0 Å². The summed E-state index contributed by atoms with van der Waals surface area (Å²) in [6.45, 7) is 0. The Morgan fingerprint density at radius 2 is 2.57 bits per heavy atom. The zero-order valence-electron chi connectivity index (χ0n) is 3.48. The van der Waals surface area contributed by atoms with Gasteiger partial charge in [0, 0.05) is 0 Å². The summed E-state index contributed by atoms with van der Waals surface area (Å²) >= 11 is 9.33. The van der Waals surface area contributed by atoms with Gasteiger partial charge in [-0.3, -0.25) is 4.79 Å². The Bertz CT molecular complexity index is 85.0. The molecule has 0 bridgehead atoms. The fourth-order valence-corrected chi connectivity index (χ4v) is 0.313. The monoisotopic (exact) mass is 137 g/mol. The van der Waals surface area contributed by atoms with Crippen molar-refractivity contribution in [3.05, 3.63) is 0 Å². The molecule has 0 saturated carbocycles. The van der Waals surface area contributed by atoms with Crippen LogP contribution in [0.25, 0.3) is 0 Å². The van der Waals surface area contributed by atoms with Crippen molar-refractivity contribution >= 4 is 35.2 Å². The number of hydrogen-bond donors (Lipinski definition) is 1. The van der Waals surface area contributed by atoms with Gasteiger partial charge in [0.1, 0.15) is 5.88 Å². The molecule has 0 rings (SSSR count). The lowest BCUT2D eigenvalue weighted by atomic mass is 10.7. The predicted molar refractivity (Wildman–Crippen MR) is 32.5 cm³/mol. The van der Waals surface area contributed by atoms with Crippen molar-refractivity contribution in [2.24, 2.45) is 0 Å². The highest BCUT2D eigenvalue weighted by molar-refractivity contribution is 7.78. The lowest BCUT2D eigenvalue weighted by molar-refractivity contribution is -0.117. The number of amides is 1. The van der Waals surface area contributed by atoms with Crippen LogP contribution in [-0.2, 0) is 4.79 Å². The average molecular weight is 138 g/mol. The van der Waals surface area contributed by atoms with Gasteiger partial charge in [-0.25, -0.2) is 0 Å². The number of halogens is 1. The molecule has 0 heterocycles.